The minimum atomic E-state index is -0.500. The van der Waals surface area contributed by atoms with Crippen LogP contribution in [0.5, 0.6) is 0 Å². The number of fused-ring (bicyclic) bond motifs is 1. The summed E-state index contributed by atoms with van der Waals surface area (Å²) in [5, 5.41) is 15.6. The average Bonchev–Trinajstić information content (AvgIpc) is 3.38. The number of piperidine rings is 1. The van der Waals surface area contributed by atoms with Crippen molar-refractivity contribution in [1.29, 1.82) is 5.26 Å². The number of nitriles is 1. The zero-order chi connectivity index (χ0) is 26.2. The molecule has 0 saturated carbocycles. The Hall–Kier alpha value is -4.45. The highest BCUT2D eigenvalue weighted by Crippen LogP contribution is 2.31. The lowest BCUT2D eigenvalue weighted by atomic mass is 10.0. The second-order valence-electron chi connectivity index (χ2n) is 10.3. The molecule has 188 valence electrons. The molecule has 1 aliphatic heterocycles. The van der Waals surface area contributed by atoms with E-state index in [0.29, 0.717) is 30.2 Å². The molecule has 9 nitrogen and oxygen atoms in total. The normalized spacial score (nSPS) is 14.5. The number of carbonyl (C=O) groups excluding carboxylic acids is 1. The predicted molar refractivity (Wildman–Crippen MR) is 141 cm³/mol. The van der Waals surface area contributed by atoms with E-state index in [4.69, 9.17) is 15.7 Å². The lowest BCUT2D eigenvalue weighted by Crippen LogP contribution is -2.42. The van der Waals surface area contributed by atoms with E-state index >= 15 is 0 Å². The van der Waals surface area contributed by atoms with Gasteiger partial charge in [0.15, 0.2) is 0 Å². The van der Waals surface area contributed by atoms with E-state index in [1.54, 1.807) is 23.4 Å². The van der Waals surface area contributed by atoms with Crippen LogP contribution in [0.3, 0.4) is 0 Å². The largest absolute Gasteiger partial charge is 0.444 e. The summed E-state index contributed by atoms with van der Waals surface area (Å²) in [7, 11) is 0. The molecular weight excluding hydrogens is 466 g/mol. The predicted octanol–water partition coefficient (Wildman–Crippen LogP) is 5.19. The van der Waals surface area contributed by atoms with E-state index in [-0.39, 0.29) is 12.1 Å². The molecule has 0 aliphatic carbocycles. The molecule has 0 bridgehead atoms. The number of ether oxygens (including phenoxy) is 1. The molecule has 5 rings (SSSR count). The molecule has 1 aliphatic rings. The molecule has 9 heteroatoms. The molecule has 3 aromatic heterocycles. The van der Waals surface area contributed by atoms with Crippen LogP contribution in [0.1, 0.15) is 45.2 Å². The molecule has 1 aromatic carbocycles. The molecule has 1 saturated heterocycles. The van der Waals surface area contributed by atoms with Crippen molar-refractivity contribution < 1.29 is 9.53 Å². The van der Waals surface area contributed by atoms with Gasteiger partial charge in [0, 0.05) is 53.8 Å². The van der Waals surface area contributed by atoms with Gasteiger partial charge in [-0.25, -0.2) is 9.78 Å². The third kappa shape index (κ3) is 5.23. The first-order valence-electron chi connectivity index (χ1n) is 12.3. The number of rotatable bonds is 3. The van der Waals surface area contributed by atoms with Crippen molar-refractivity contribution in [1.82, 2.24) is 24.6 Å². The molecule has 4 aromatic rings. The van der Waals surface area contributed by atoms with Crippen molar-refractivity contribution in [2.24, 2.45) is 0 Å². The number of nitrogen functional groups attached to an aromatic ring is 1. The molecule has 0 unspecified atom stereocenters. The fourth-order valence-electron chi connectivity index (χ4n) is 4.52. The first kappa shape index (κ1) is 24.3. The minimum absolute atomic E-state index is 0.203. The van der Waals surface area contributed by atoms with Crippen molar-refractivity contribution in [2.75, 3.05) is 18.8 Å². The van der Waals surface area contributed by atoms with Gasteiger partial charge in [-0.3, -0.25) is 9.67 Å². The highest BCUT2D eigenvalue weighted by atomic mass is 16.6. The van der Waals surface area contributed by atoms with Gasteiger partial charge in [0.2, 0.25) is 0 Å². The van der Waals surface area contributed by atoms with Gasteiger partial charge in [0.1, 0.15) is 11.4 Å². The standard InChI is InChI=1S/C28H29N7O2/c1-28(2,3)37-27(36)34-8-6-23(7-9-34)35-17-22(16-33-35)21-11-24(26(30)32-15-21)25-12-19-5-4-18(13-29)10-20(19)14-31-25/h4-5,10-12,14-17,23H,6-9H2,1-3H3,(H2,30,32). The smallest absolute Gasteiger partial charge is 0.410 e. The number of hydrogen-bond donors (Lipinski definition) is 1. The van der Waals surface area contributed by atoms with Crippen LogP contribution in [0.2, 0.25) is 0 Å². The Morgan fingerprint density at radius 1 is 1.05 bits per heavy atom. The first-order valence-corrected chi connectivity index (χ1v) is 12.3. The van der Waals surface area contributed by atoms with Crippen LogP contribution in [0.25, 0.3) is 33.2 Å². The van der Waals surface area contributed by atoms with Gasteiger partial charge in [-0.15, -0.1) is 0 Å². The molecule has 0 atom stereocenters. The Kier molecular flexibility index (Phi) is 6.25. The summed E-state index contributed by atoms with van der Waals surface area (Å²) in [6.45, 7) is 6.89. The van der Waals surface area contributed by atoms with Gasteiger partial charge >= 0.3 is 6.09 Å². The van der Waals surface area contributed by atoms with Gasteiger partial charge in [0.05, 0.1) is 29.6 Å². The summed E-state index contributed by atoms with van der Waals surface area (Å²) < 4.78 is 7.47. The van der Waals surface area contributed by atoms with Crippen LogP contribution in [0.4, 0.5) is 10.6 Å². The minimum Gasteiger partial charge on any atom is -0.444 e. The molecule has 4 heterocycles. The first-order chi connectivity index (χ1) is 17.7. The average molecular weight is 496 g/mol. The zero-order valence-corrected chi connectivity index (χ0v) is 21.2. The maximum Gasteiger partial charge on any atom is 0.410 e. The number of aromatic nitrogens is 4. The van der Waals surface area contributed by atoms with Crippen LogP contribution in [0, 0.1) is 11.3 Å². The number of hydrogen-bond acceptors (Lipinski definition) is 7. The summed E-state index contributed by atoms with van der Waals surface area (Å²) in [6.07, 6.45) is 8.68. The Bertz CT molecular complexity index is 1510. The number of carbonyl (C=O) groups is 1. The molecular formula is C28H29N7O2. The third-order valence-corrected chi connectivity index (χ3v) is 6.47. The second-order valence-corrected chi connectivity index (χ2v) is 10.3. The van der Waals surface area contributed by atoms with E-state index in [1.165, 1.54) is 0 Å². The zero-order valence-electron chi connectivity index (χ0n) is 21.2. The quantitative estimate of drug-likeness (QED) is 0.415. The summed E-state index contributed by atoms with van der Waals surface area (Å²) in [5.74, 6) is 0.395. The Morgan fingerprint density at radius 3 is 2.57 bits per heavy atom. The number of amides is 1. The molecule has 1 amide bonds. The number of likely N-dealkylation sites (tertiary alicyclic amines) is 1. The summed E-state index contributed by atoms with van der Waals surface area (Å²) in [6, 6.07) is 11.8. The van der Waals surface area contributed by atoms with Gasteiger partial charge in [-0.05, 0) is 63.3 Å². The highest BCUT2D eigenvalue weighted by Gasteiger charge is 2.28. The van der Waals surface area contributed by atoms with E-state index in [0.717, 1.165) is 40.3 Å². The summed E-state index contributed by atoms with van der Waals surface area (Å²) >= 11 is 0. The van der Waals surface area contributed by atoms with Gasteiger partial charge in [-0.1, -0.05) is 6.07 Å². The van der Waals surface area contributed by atoms with Crippen LogP contribution in [-0.4, -0.2) is 49.4 Å². The van der Waals surface area contributed by atoms with E-state index in [9.17, 15) is 4.79 Å². The monoisotopic (exact) mass is 495 g/mol. The van der Waals surface area contributed by atoms with Crippen LogP contribution in [-0.2, 0) is 4.74 Å². The molecule has 37 heavy (non-hydrogen) atoms. The fourth-order valence-corrected chi connectivity index (χ4v) is 4.52. The van der Waals surface area contributed by atoms with Gasteiger partial charge < -0.3 is 15.4 Å². The van der Waals surface area contributed by atoms with E-state index in [2.05, 4.69) is 21.1 Å². The van der Waals surface area contributed by atoms with Gasteiger partial charge in [-0.2, -0.15) is 10.4 Å². The van der Waals surface area contributed by atoms with Crippen LogP contribution >= 0.6 is 0 Å². The van der Waals surface area contributed by atoms with Crippen molar-refractivity contribution in [3.63, 3.8) is 0 Å². The third-order valence-electron chi connectivity index (χ3n) is 6.47. The van der Waals surface area contributed by atoms with E-state index in [1.807, 2.05) is 62.1 Å². The van der Waals surface area contributed by atoms with Crippen molar-refractivity contribution in [2.45, 2.75) is 45.3 Å². The molecule has 2 N–H and O–H groups in total. The van der Waals surface area contributed by atoms with Crippen molar-refractivity contribution in [3.05, 3.63) is 60.7 Å². The maximum atomic E-state index is 12.4. The molecule has 0 radical (unpaired) electrons. The Labute approximate surface area is 215 Å². The van der Waals surface area contributed by atoms with Crippen LogP contribution in [0.15, 0.2) is 55.1 Å². The SMILES string of the molecule is CC(C)(C)OC(=O)N1CCC(n2cc(-c3cnc(N)c(-c4cc5ccc(C#N)cc5cn4)c3)cn2)CC1. The number of nitrogens with zero attached hydrogens (tertiary/aromatic N) is 6. The highest BCUT2D eigenvalue weighted by molar-refractivity contribution is 5.88. The maximum absolute atomic E-state index is 12.4. The topological polar surface area (TPSA) is 123 Å². The number of nitrogens with two attached hydrogens (primary N) is 1. The summed E-state index contributed by atoms with van der Waals surface area (Å²) in [4.78, 5) is 23.1. The molecule has 1 fully saturated rings. The Balaban J connectivity index is 1.33. The second kappa shape index (κ2) is 9.54. The lowest BCUT2D eigenvalue weighted by Gasteiger charge is -2.33. The number of pyridine rings is 2. The summed E-state index contributed by atoms with van der Waals surface area (Å²) in [5.41, 5.74) is 9.60. The van der Waals surface area contributed by atoms with Gasteiger partial charge in [0.25, 0.3) is 0 Å². The fraction of sp³-hybridized carbons (Fsp3) is 0.321. The van der Waals surface area contributed by atoms with Crippen molar-refractivity contribution in [3.8, 4) is 28.5 Å². The lowest BCUT2D eigenvalue weighted by molar-refractivity contribution is 0.0185. The van der Waals surface area contributed by atoms with Crippen molar-refractivity contribution >= 4 is 22.7 Å². The number of anilines is 1. The van der Waals surface area contributed by atoms with Crippen LogP contribution < -0.4 is 5.73 Å². The number of benzene rings is 1. The van der Waals surface area contributed by atoms with E-state index < -0.39 is 5.60 Å². The molecule has 0 spiro atoms. The Morgan fingerprint density at radius 2 is 1.84 bits per heavy atom.